The summed E-state index contributed by atoms with van der Waals surface area (Å²) in [4.78, 5) is 11.7. The van der Waals surface area contributed by atoms with E-state index in [1.807, 2.05) is 6.92 Å². The first-order valence-corrected chi connectivity index (χ1v) is 5.42. The van der Waals surface area contributed by atoms with E-state index in [0.717, 1.165) is 38.8 Å². The highest BCUT2D eigenvalue weighted by molar-refractivity contribution is 5.86. The fourth-order valence-electron chi connectivity index (χ4n) is 1.75. The second-order valence-corrected chi connectivity index (χ2v) is 4.11. The lowest BCUT2D eigenvalue weighted by atomic mass is 9.99. The predicted octanol–water partition coefficient (Wildman–Crippen LogP) is -0.0164. The van der Waals surface area contributed by atoms with Crippen LogP contribution in [-0.2, 0) is 4.79 Å². The Hall–Kier alpha value is -0.610. The molecule has 4 nitrogen and oxygen atoms in total. The topological polar surface area (TPSA) is 67.2 Å². The molecule has 1 unspecified atom stereocenters. The Kier molecular flexibility index (Phi) is 4.35. The Labute approximate surface area is 85.6 Å². The van der Waals surface area contributed by atoms with Gasteiger partial charge in [0.15, 0.2) is 0 Å². The normalized spacial score (nSPS) is 26.4. The van der Waals surface area contributed by atoms with Gasteiger partial charge >= 0.3 is 0 Å². The Bertz CT molecular complexity index is 188. The van der Waals surface area contributed by atoms with Crippen molar-refractivity contribution in [1.29, 1.82) is 0 Å². The van der Waals surface area contributed by atoms with E-state index in [0.29, 0.717) is 6.54 Å². The molecule has 0 radical (unpaired) electrons. The minimum atomic E-state index is -0.331. The number of nitrogens with two attached hydrogens (primary N) is 1. The first-order valence-electron chi connectivity index (χ1n) is 5.42. The van der Waals surface area contributed by atoms with E-state index < -0.39 is 0 Å². The SMILES string of the molecule is CC1(C(=O)NCCCCN)CCCN1. The van der Waals surface area contributed by atoms with Crippen LogP contribution in [0.25, 0.3) is 0 Å². The lowest BCUT2D eigenvalue weighted by molar-refractivity contribution is -0.126. The average Bonchev–Trinajstić information content (AvgIpc) is 2.61. The summed E-state index contributed by atoms with van der Waals surface area (Å²) >= 11 is 0. The van der Waals surface area contributed by atoms with Crippen molar-refractivity contribution in [1.82, 2.24) is 10.6 Å². The Morgan fingerprint density at radius 3 is 2.93 bits per heavy atom. The smallest absolute Gasteiger partial charge is 0.240 e. The third-order valence-electron chi connectivity index (χ3n) is 2.79. The Balaban J connectivity index is 2.20. The molecule has 4 heteroatoms. The van der Waals surface area contributed by atoms with Crippen molar-refractivity contribution >= 4 is 5.91 Å². The highest BCUT2D eigenvalue weighted by Crippen LogP contribution is 2.18. The largest absolute Gasteiger partial charge is 0.355 e. The number of carbonyl (C=O) groups is 1. The van der Waals surface area contributed by atoms with Crippen molar-refractivity contribution in [2.45, 2.75) is 38.1 Å². The van der Waals surface area contributed by atoms with Gasteiger partial charge in [0.1, 0.15) is 0 Å². The van der Waals surface area contributed by atoms with Gasteiger partial charge in [-0.25, -0.2) is 0 Å². The number of carbonyl (C=O) groups excluding carboxylic acids is 1. The lowest BCUT2D eigenvalue weighted by Crippen LogP contribution is -2.51. The van der Waals surface area contributed by atoms with Crippen LogP contribution in [0.5, 0.6) is 0 Å². The van der Waals surface area contributed by atoms with Gasteiger partial charge in [0.25, 0.3) is 0 Å². The second-order valence-electron chi connectivity index (χ2n) is 4.11. The molecule has 0 aromatic carbocycles. The summed E-state index contributed by atoms with van der Waals surface area (Å²) in [5, 5.41) is 6.18. The molecule has 0 spiro atoms. The quantitative estimate of drug-likeness (QED) is 0.545. The maximum Gasteiger partial charge on any atom is 0.240 e. The maximum atomic E-state index is 11.7. The van der Waals surface area contributed by atoms with Gasteiger partial charge in [0, 0.05) is 6.54 Å². The molecule has 0 saturated carbocycles. The fraction of sp³-hybridized carbons (Fsp3) is 0.900. The highest BCUT2D eigenvalue weighted by Gasteiger charge is 2.35. The van der Waals surface area contributed by atoms with Gasteiger partial charge in [-0.1, -0.05) is 0 Å². The lowest BCUT2D eigenvalue weighted by Gasteiger charge is -2.22. The van der Waals surface area contributed by atoms with Crippen LogP contribution in [0, 0.1) is 0 Å². The number of nitrogens with one attached hydrogen (secondary N) is 2. The molecule has 0 bridgehead atoms. The van der Waals surface area contributed by atoms with Crippen molar-refractivity contribution in [3.63, 3.8) is 0 Å². The van der Waals surface area contributed by atoms with Crippen LogP contribution in [0.4, 0.5) is 0 Å². The summed E-state index contributed by atoms with van der Waals surface area (Å²) in [5.74, 6) is 0.132. The van der Waals surface area contributed by atoms with E-state index in [1.54, 1.807) is 0 Å². The number of amides is 1. The molecular formula is C10H21N3O. The summed E-state index contributed by atoms with van der Waals surface area (Å²) < 4.78 is 0. The zero-order chi connectivity index (χ0) is 10.4. The molecule has 1 aliphatic rings. The zero-order valence-electron chi connectivity index (χ0n) is 8.94. The van der Waals surface area contributed by atoms with Gasteiger partial charge in [-0.2, -0.15) is 0 Å². The molecular weight excluding hydrogens is 178 g/mol. The van der Waals surface area contributed by atoms with Gasteiger partial charge in [-0.15, -0.1) is 0 Å². The standard InChI is InChI=1S/C10H21N3O/c1-10(5-4-8-13-10)9(14)12-7-3-2-6-11/h13H,2-8,11H2,1H3,(H,12,14). The molecule has 82 valence electrons. The molecule has 0 aromatic rings. The van der Waals surface area contributed by atoms with Crippen molar-refractivity contribution in [2.75, 3.05) is 19.6 Å². The van der Waals surface area contributed by atoms with E-state index in [2.05, 4.69) is 10.6 Å². The average molecular weight is 199 g/mol. The van der Waals surface area contributed by atoms with E-state index >= 15 is 0 Å². The number of unbranched alkanes of at least 4 members (excludes halogenated alkanes) is 1. The third-order valence-corrected chi connectivity index (χ3v) is 2.79. The minimum Gasteiger partial charge on any atom is -0.355 e. The van der Waals surface area contributed by atoms with Crippen LogP contribution in [0.3, 0.4) is 0 Å². The van der Waals surface area contributed by atoms with Gasteiger partial charge in [-0.05, 0) is 45.7 Å². The summed E-state index contributed by atoms with van der Waals surface area (Å²) in [6.45, 7) is 4.36. The number of hydrogen-bond donors (Lipinski definition) is 3. The molecule has 0 aromatic heterocycles. The molecule has 1 heterocycles. The highest BCUT2D eigenvalue weighted by atomic mass is 16.2. The predicted molar refractivity (Wildman–Crippen MR) is 56.9 cm³/mol. The molecule has 1 rings (SSSR count). The number of rotatable bonds is 5. The van der Waals surface area contributed by atoms with Crippen molar-refractivity contribution in [3.8, 4) is 0 Å². The van der Waals surface area contributed by atoms with Gasteiger partial charge in [0.2, 0.25) is 5.91 Å². The molecule has 1 amide bonds. The van der Waals surface area contributed by atoms with Crippen LogP contribution < -0.4 is 16.4 Å². The van der Waals surface area contributed by atoms with Crippen LogP contribution in [-0.4, -0.2) is 31.1 Å². The van der Waals surface area contributed by atoms with Gasteiger partial charge in [-0.3, -0.25) is 4.79 Å². The van der Waals surface area contributed by atoms with Gasteiger partial charge < -0.3 is 16.4 Å². The Morgan fingerprint density at radius 2 is 2.36 bits per heavy atom. The summed E-state index contributed by atoms with van der Waals surface area (Å²) in [7, 11) is 0. The molecule has 14 heavy (non-hydrogen) atoms. The first kappa shape index (κ1) is 11.5. The summed E-state index contributed by atoms with van der Waals surface area (Å²) in [6, 6.07) is 0. The maximum absolute atomic E-state index is 11.7. The molecule has 1 saturated heterocycles. The van der Waals surface area contributed by atoms with Crippen molar-refractivity contribution in [2.24, 2.45) is 5.73 Å². The second kappa shape index (κ2) is 5.32. The first-order chi connectivity index (χ1) is 6.69. The van der Waals surface area contributed by atoms with Crippen molar-refractivity contribution < 1.29 is 4.79 Å². The zero-order valence-corrected chi connectivity index (χ0v) is 8.94. The molecule has 4 N–H and O–H groups in total. The molecule has 1 fully saturated rings. The third kappa shape index (κ3) is 2.96. The van der Waals surface area contributed by atoms with Crippen LogP contribution in [0.2, 0.25) is 0 Å². The molecule has 1 aliphatic heterocycles. The van der Waals surface area contributed by atoms with E-state index in [-0.39, 0.29) is 11.4 Å². The van der Waals surface area contributed by atoms with Crippen molar-refractivity contribution in [3.05, 3.63) is 0 Å². The van der Waals surface area contributed by atoms with Crippen LogP contribution >= 0.6 is 0 Å². The monoisotopic (exact) mass is 199 g/mol. The Morgan fingerprint density at radius 1 is 1.57 bits per heavy atom. The van der Waals surface area contributed by atoms with Crippen LogP contribution in [0.1, 0.15) is 32.6 Å². The van der Waals surface area contributed by atoms with E-state index in [1.165, 1.54) is 0 Å². The van der Waals surface area contributed by atoms with Crippen LogP contribution in [0.15, 0.2) is 0 Å². The summed E-state index contributed by atoms with van der Waals surface area (Å²) in [5.41, 5.74) is 5.04. The van der Waals surface area contributed by atoms with E-state index in [9.17, 15) is 4.79 Å². The molecule has 0 aliphatic carbocycles. The van der Waals surface area contributed by atoms with Gasteiger partial charge in [0.05, 0.1) is 5.54 Å². The summed E-state index contributed by atoms with van der Waals surface area (Å²) in [6.07, 6.45) is 3.98. The van der Waals surface area contributed by atoms with E-state index in [4.69, 9.17) is 5.73 Å². The minimum absolute atomic E-state index is 0.132. The number of hydrogen-bond acceptors (Lipinski definition) is 3. The molecule has 1 atom stereocenters. The fourth-order valence-corrected chi connectivity index (χ4v) is 1.75.